The van der Waals surface area contributed by atoms with Crippen LogP contribution in [0.25, 0.3) is 0 Å². The molecule has 2 aromatic rings. The minimum Gasteiger partial charge on any atom is -0.481 e. The number of pyridine rings is 1. The Bertz CT molecular complexity index is 785. The summed E-state index contributed by atoms with van der Waals surface area (Å²) in [6.45, 7) is 0.566. The number of amides is 2. The first-order chi connectivity index (χ1) is 14.1. The molecule has 0 aliphatic carbocycles. The van der Waals surface area contributed by atoms with Gasteiger partial charge in [-0.05, 0) is 42.9 Å². The number of carbonyl (C=O) groups is 2. The number of carbonyl (C=O) groups excluding carboxylic acids is 1. The fraction of sp³-hybridized carbons (Fsp3) is 0.409. The van der Waals surface area contributed by atoms with Crippen molar-refractivity contribution in [3.8, 4) is 0 Å². The molecule has 3 atom stereocenters. The first-order valence-corrected chi connectivity index (χ1v) is 9.94. The van der Waals surface area contributed by atoms with Crippen LogP contribution in [0.3, 0.4) is 0 Å². The van der Waals surface area contributed by atoms with E-state index >= 15 is 0 Å². The van der Waals surface area contributed by atoms with Gasteiger partial charge in [-0.3, -0.25) is 9.78 Å². The van der Waals surface area contributed by atoms with Crippen LogP contribution in [0.15, 0.2) is 54.9 Å². The predicted molar refractivity (Wildman–Crippen MR) is 108 cm³/mol. The van der Waals surface area contributed by atoms with E-state index in [4.69, 9.17) is 9.84 Å². The van der Waals surface area contributed by atoms with Gasteiger partial charge in [0.1, 0.15) is 0 Å². The number of ether oxygens (including phenoxy) is 1. The number of rotatable bonds is 8. The van der Waals surface area contributed by atoms with Gasteiger partial charge in [-0.15, -0.1) is 0 Å². The lowest BCUT2D eigenvalue weighted by atomic mass is 9.98. The van der Waals surface area contributed by atoms with Crippen LogP contribution in [-0.2, 0) is 16.0 Å². The zero-order valence-electron chi connectivity index (χ0n) is 16.3. The molecule has 0 spiro atoms. The third kappa shape index (κ3) is 6.87. The topological polar surface area (TPSA) is 101 Å². The number of aliphatic carboxylic acids is 1. The van der Waals surface area contributed by atoms with E-state index in [0.29, 0.717) is 25.9 Å². The van der Waals surface area contributed by atoms with Crippen molar-refractivity contribution in [2.75, 3.05) is 6.61 Å². The number of urea groups is 1. The number of aromatic nitrogens is 1. The second kappa shape index (κ2) is 10.6. The van der Waals surface area contributed by atoms with Crippen molar-refractivity contribution in [1.29, 1.82) is 0 Å². The number of carboxylic acid groups (broad SMARTS) is 1. The van der Waals surface area contributed by atoms with Crippen LogP contribution in [0.1, 0.15) is 42.9 Å². The summed E-state index contributed by atoms with van der Waals surface area (Å²) >= 11 is 0. The molecule has 2 heterocycles. The fourth-order valence-electron chi connectivity index (χ4n) is 3.56. The van der Waals surface area contributed by atoms with Gasteiger partial charge in [0, 0.05) is 37.5 Å². The Morgan fingerprint density at radius 1 is 1.21 bits per heavy atom. The number of carboxylic acids is 1. The highest BCUT2D eigenvalue weighted by Gasteiger charge is 2.26. The molecule has 3 unspecified atom stereocenters. The monoisotopic (exact) mass is 397 g/mol. The summed E-state index contributed by atoms with van der Waals surface area (Å²) in [7, 11) is 0. The van der Waals surface area contributed by atoms with Crippen LogP contribution in [0.5, 0.6) is 0 Å². The van der Waals surface area contributed by atoms with E-state index in [1.54, 1.807) is 12.4 Å². The maximum atomic E-state index is 12.6. The zero-order chi connectivity index (χ0) is 20.5. The van der Waals surface area contributed by atoms with E-state index in [1.807, 2.05) is 42.5 Å². The highest BCUT2D eigenvalue weighted by molar-refractivity contribution is 5.74. The summed E-state index contributed by atoms with van der Waals surface area (Å²) in [5, 5.41) is 15.0. The van der Waals surface area contributed by atoms with Gasteiger partial charge in [0.05, 0.1) is 6.10 Å². The van der Waals surface area contributed by atoms with Gasteiger partial charge < -0.3 is 20.5 Å². The van der Waals surface area contributed by atoms with E-state index in [9.17, 15) is 9.59 Å². The molecule has 1 saturated heterocycles. The van der Waals surface area contributed by atoms with Crippen molar-refractivity contribution in [1.82, 2.24) is 15.6 Å². The lowest BCUT2D eigenvalue weighted by Crippen LogP contribution is -2.48. The van der Waals surface area contributed by atoms with Gasteiger partial charge in [-0.25, -0.2) is 4.79 Å². The first-order valence-electron chi connectivity index (χ1n) is 9.94. The lowest BCUT2D eigenvalue weighted by Gasteiger charge is -2.31. The number of nitrogens with zero attached hydrogens (tertiary/aromatic N) is 1. The molecule has 3 rings (SSSR count). The Morgan fingerprint density at radius 2 is 2.03 bits per heavy atom. The van der Waals surface area contributed by atoms with E-state index in [0.717, 1.165) is 17.5 Å². The molecule has 1 aromatic heterocycles. The van der Waals surface area contributed by atoms with Gasteiger partial charge in [-0.1, -0.05) is 36.4 Å². The number of hydrogen-bond donors (Lipinski definition) is 3. The van der Waals surface area contributed by atoms with Gasteiger partial charge in [-0.2, -0.15) is 0 Å². The molecule has 0 saturated carbocycles. The summed E-state index contributed by atoms with van der Waals surface area (Å²) in [5.74, 6) is -0.867. The van der Waals surface area contributed by atoms with Crippen molar-refractivity contribution < 1.29 is 19.4 Å². The smallest absolute Gasteiger partial charge is 0.315 e. The molecule has 0 bridgehead atoms. The van der Waals surface area contributed by atoms with E-state index < -0.39 is 5.97 Å². The summed E-state index contributed by atoms with van der Waals surface area (Å²) in [5.41, 5.74) is 2.06. The predicted octanol–water partition coefficient (Wildman–Crippen LogP) is 3.08. The molecule has 1 fully saturated rings. The molecule has 29 heavy (non-hydrogen) atoms. The van der Waals surface area contributed by atoms with Crippen molar-refractivity contribution in [3.05, 3.63) is 66.0 Å². The molecule has 7 nitrogen and oxygen atoms in total. The zero-order valence-corrected chi connectivity index (χ0v) is 16.3. The van der Waals surface area contributed by atoms with Crippen LogP contribution in [0.2, 0.25) is 0 Å². The standard InChI is InChI=1S/C22H27N3O4/c26-21(27)9-8-18(13-16-5-2-1-3-6-16)24-22(28)25-19-10-12-29-20(14-19)17-7-4-11-23-15-17/h1-7,11,15,18-20H,8-10,12-14H2,(H,26,27)(H2,24,25,28). The molecule has 1 aliphatic rings. The molecule has 1 aliphatic heterocycles. The average Bonchev–Trinajstić information content (AvgIpc) is 2.73. The highest BCUT2D eigenvalue weighted by atomic mass is 16.5. The van der Waals surface area contributed by atoms with Gasteiger partial charge in [0.15, 0.2) is 0 Å². The summed E-state index contributed by atoms with van der Waals surface area (Å²) in [6.07, 6.45) is 5.82. The van der Waals surface area contributed by atoms with Crippen LogP contribution < -0.4 is 10.6 Å². The molecular formula is C22H27N3O4. The maximum absolute atomic E-state index is 12.6. The largest absolute Gasteiger partial charge is 0.481 e. The van der Waals surface area contributed by atoms with E-state index in [1.165, 1.54) is 0 Å². The second-order valence-electron chi connectivity index (χ2n) is 7.30. The van der Waals surface area contributed by atoms with Crippen LogP contribution in [0, 0.1) is 0 Å². The van der Waals surface area contributed by atoms with Gasteiger partial charge in [0.25, 0.3) is 0 Å². The SMILES string of the molecule is O=C(O)CCC(Cc1ccccc1)NC(=O)NC1CCOC(c2cccnc2)C1. The number of nitrogens with one attached hydrogen (secondary N) is 2. The highest BCUT2D eigenvalue weighted by Crippen LogP contribution is 2.27. The van der Waals surface area contributed by atoms with Crippen molar-refractivity contribution in [3.63, 3.8) is 0 Å². The van der Waals surface area contributed by atoms with Crippen molar-refractivity contribution in [2.45, 2.75) is 50.3 Å². The first kappa shape index (κ1) is 20.8. The summed E-state index contributed by atoms with van der Waals surface area (Å²) in [4.78, 5) is 27.7. The lowest BCUT2D eigenvalue weighted by molar-refractivity contribution is -0.137. The molecule has 3 N–H and O–H groups in total. The molecule has 0 radical (unpaired) electrons. The molecular weight excluding hydrogens is 370 g/mol. The number of hydrogen-bond acceptors (Lipinski definition) is 4. The molecule has 2 amide bonds. The Balaban J connectivity index is 1.55. The normalized spacial score (nSPS) is 19.9. The van der Waals surface area contributed by atoms with E-state index in [2.05, 4.69) is 15.6 Å². The minimum absolute atomic E-state index is 0.00851. The maximum Gasteiger partial charge on any atom is 0.315 e. The molecule has 154 valence electrons. The van der Waals surface area contributed by atoms with E-state index in [-0.39, 0.29) is 30.6 Å². The minimum atomic E-state index is -0.867. The number of benzene rings is 1. The Morgan fingerprint density at radius 3 is 2.76 bits per heavy atom. The Labute approximate surface area is 170 Å². The van der Waals surface area contributed by atoms with Crippen LogP contribution in [-0.4, -0.2) is 40.8 Å². The average molecular weight is 397 g/mol. The summed E-state index contributed by atoms with van der Waals surface area (Å²) in [6, 6.07) is 13.1. The third-order valence-electron chi connectivity index (χ3n) is 5.04. The Kier molecular flexibility index (Phi) is 7.58. The van der Waals surface area contributed by atoms with Crippen molar-refractivity contribution >= 4 is 12.0 Å². The molecule has 7 heteroatoms. The van der Waals surface area contributed by atoms with Crippen LogP contribution >= 0.6 is 0 Å². The second-order valence-corrected chi connectivity index (χ2v) is 7.30. The third-order valence-corrected chi connectivity index (χ3v) is 5.04. The quantitative estimate of drug-likeness (QED) is 0.636. The molecule has 1 aromatic carbocycles. The van der Waals surface area contributed by atoms with Crippen molar-refractivity contribution in [2.24, 2.45) is 0 Å². The fourth-order valence-corrected chi connectivity index (χ4v) is 3.56. The van der Waals surface area contributed by atoms with Gasteiger partial charge >= 0.3 is 12.0 Å². The summed E-state index contributed by atoms with van der Waals surface area (Å²) < 4.78 is 5.82. The van der Waals surface area contributed by atoms with Crippen LogP contribution in [0.4, 0.5) is 4.79 Å². The Hall–Kier alpha value is -2.93. The van der Waals surface area contributed by atoms with Gasteiger partial charge in [0.2, 0.25) is 0 Å².